The lowest BCUT2D eigenvalue weighted by atomic mass is 9.97. The number of fused-ring (bicyclic) bond motifs is 1. The number of aryl methyl sites for hydroxylation is 1. The summed E-state index contributed by atoms with van der Waals surface area (Å²) in [6, 6.07) is 8.79. The molecule has 4 N–H and O–H groups in total. The molecular weight excluding hydrogens is 483 g/mol. The van der Waals surface area contributed by atoms with E-state index in [4.69, 9.17) is 21.4 Å². The number of anilines is 1. The smallest absolute Gasteiger partial charge is 0.356 e. The Morgan fingerprint density at radius 2 is 2.06 bits per heavy atom. The van der Waals surface area contributed by atoms with E-state index in [-0.39, 0.29) is 16.9 Å². The second kappa shape index (κ2) is 9.90. The van der Waals surface area contributed by atoms with Crippen LogP contribution in [-0.4, -0.2) is 28.8 Å². The van der Waals surface area contributed by atoms with E-state index in [2.05, 4.69) is 24.5 Å². The summed E-state index contributed by atoms with van der Waals surface area (Å²) in [6.45, 7) is 3.92. The van der Waals surface area contributed by atoms with Gasteiger partial charge in [-0.2, -0.15) is 0 Å². The van der Waals surface area contributed by atoms with Crippen molar-refractivity contribution in [1.82, 2.24) is 10.3 Å². The van der Waals surface area contributed by atoms with Gasteiger partial charge in [-0.1, -0.05) is 17.7 Å². The summed E-state index contributed by atoms with van der Waals surface area (Å²) >= 11 is 5.91. The second-order valence-corrected chi connectivity index (χ2v) is 9.12. The number of hydrogen-bond acceptors (Lipinski definition) is 6. The molecule has 2 aromatic heterocycles. The van der Waals surface area contributed by atoms with Crippen LogP contribution in [0.25, 0.3) is 16.5 Å². The number of rotatable bonds is 6. The van der Waals surface area contributed by atoms with E-state index >= 15 is 0 Å². The Kier molecular flexibility index (Phi) is 6.92. The van der Waals surface area contributed by atoms with E-state index in [1.54, 1.807) is 31.5 Å². The lowest BCUT2D eigenvalue weighted by molar-refractivity contribution is 0.0691. The largest absolute Gasteiger partial charge is 0.476 e. The van der Waals surface area contributed by atoms with Gasteiger partial charge in [0.1, 0.15) is 16.5 Å². The van der Waals surface area contributed by atoms with Crippen molar-refractivity contribution < 1.29 is 14.3 Å². The van der Waals surface area contributed by atoms with E-state index in [0.29, 0.717) is 22.7 Å². The van der Waals surface area contributed by atoms with Gasteiger partial charge in [0.05, 0.1) is 17.4 Å². The van der Waals surface area contributed by atoms with Crippen LogP contribution in [0.3, 0.4) is 0 Å². The Balaban J connectivity index is 1.83. The maximum atomic E-state index is 11.7. The fourth-order valence-corrected chi connectivity index (χ4v) is 4.41. The average molecular weight is 507 g/mol. The maximum absolute atomic E-state index is 11.7. The van der Waals surface area contributed by atoms with Crippen LogP contribution in [0.5, 0.6) is 0 Å². The molecule has 1 aliphatic rings. The number of allylic oxidation sites excluding steroid dienone is 5. The summed E-state index contributed by atoms with van der Waals surface area (Å²) in [5.74, 6) is -0.539. The second-order valence-electron chi connectivity index (χ2n) is 8.19. The lowest BCUT2D eigenvalue weighted by Crippen LogP contribution is -2.13. The predicted octanol–water partition coefficient (Wildman–Crippen LogP) is 6.41. The average Bonchev–Trinajstić information content (AvgIpc) is 2.81. The first kappa shape index (κ1) is 24.5. The number of halogens is 1. The number of aromatic nitrogens is 1. The minimum absolute atomic E-state index is 0.110. The van der Waals surface area contributed by atoms with E-state index in [0.717, 1.165) is 32.6 Å². The van der Waals surface area contributed by atoms with Gasteiger partial charge in [0, 0.05) is 40.3 Å². The van der Waals surface area contributed by atoms with Crippen LogP contribution in [0, 0.1) is 17.3 Å². The molecule has 1 aromatic carbocycles. The number of pyridine rings is 1. The van der Waals surface area contributed by atoms with Crippen LogP contribution in [0.2, 0.25) is 5.15 Å². The number of benzene rings is 1. The molecule has 0 saturated heterocycles. The molecule has 9 heteroatoms. The number of aromatic carboxylic acids is 1. The van der Waals surface area contributed by atoms with Gasteiger partial charge < -0.3 is 25.6 Å². The molecule has 0 fully saturated rings. The van der Waals surface area contributed by atoms with Crippen molar-refractivity contribution >= 4 is 54.4 Å². The fourth-order valence-electron chi connectivity index (χ4n) is 3.94. The van der Waals surface area contributed by atoms with Gasteiger partial charge in [-0.05, 0) is 61.9 Å². The zero-order valence-electron chi connectivity index (χ0n) is 19.4. The van der Waals surface area contributed by atoms with Gasteiger partial charge in [-0.3, -0.25) is 0 Å². The molecule has 35 heavy (non-hydrogen) atoms. The molecule has 1 atom stereocenters. The Morgan fingerprint density at radius 1 is 1.29 bits per heavy atom. The van der Waals surface area contributed by atoms with Crippen molar-refractivity contribution in [2.24, 2.45) is 0 Å². The van der Waals surface area contributed by atoms with Gasteiger partial charge in [0.15, 0.2) is 5.69 Å². The number of nitrogens with one attached hydrogen (secondary N) is 3. The molecule has 1 aliphatic carbocycles. The topological polar surface area (TPSA) is 111 Å². The molecule has 0 saturated carbocycles. The first-order chi connectivity index (χ1) is 16.7. The molecule has 178 valence electrons. The summed E-state index contributed by atoms with van der Waals surface area (Å²) < 4.78 is 6.42. The molecular formula is C26H24ClN4O3P. The molecule has 0 radical (unpaired) electrons. The van der Waals surface area contributed by atoms with Gasteiger partial charge in [-0.25, -0.2) is 9.78 Å². The van der Waals surface area contributed by atoms with Crippen LogP contribution < -0.4 is 10.6 Å². The van der Waals surface area contributed by atoms with E-state index < -0.39 is 5.97 Å². The number of hydrogen-bond donors (Lipinski definition) is 4. The standard InChI is InChI=1S/C26H24ClN4O3P/c1-13-8-17(14(2)30-20-6-7-23(27)31-24(20)26(32)33)25-18(9-13)22(35)11-21(34-25)15-4-5-19(28)16(10-15)12-29-3/h4-12,14,28-30,35H,1-3H3,(H,32,33)/b16-12-,28-19?. The molecule has 0 spiro atoms. The maximum Gasteiger partial charge on any atom is 0.356 e. The van der Waals surface area contributed by atoms with Crippen LogP contribution in [0.15, 0.2) is 64.8 Å². The van der Waals surface area contributed by atoms with Gasteiger partial charge in [0.2, 0.25) is 0 Å². The van der Waals surface area contributed by atoms with E-state index in [9.17, 15) is 9.90 Å². The Bertz CT molecular complexity index is 1520. The molecule has 2 heterocycles. The summed E-state index contributed by atoms with van der Waals surface area (Å²) in [5.41, 5.74) is 4.72. The lowest BCUT2D eigenvalue weighted by Gasteiger charge is -2.20. The highest BCUT2D eigenvalue weighted by atomic mass is 35.5. The number of carboxylic acid groups (broad SMARTS) is 1. The molecule has 7 nitrogen and oxygen atoms in total. The number of nitrogens with zero attached hydrogens (tertiary/aromatic N) is 1. The molecule has 4 rings (SSSR count). The first-order valence-corrected chi connectivity index (χ1v) is 11.7. The Morgan fingerprint density at radius 3 is 2.77 bits per heavy atom. The third-order valence-corrected chi connectivity index (χ3v) is 6.20. The van der Waals surface area contributed by atoms with Crippen molar-refractivity contribution in [3.05, 3.63) is 93.0 Å². The zero-order chi connectivity index (χ0) is 25.3. The van der Waals surface area contributed by atoms with Crippen LogP contribution >= 0.6 is 20.5 Å². The predicted molar refractivity (Wildman–Crippen MR) is 143 cm³/mol. The van der Waals surface area contributed by atoms with Crippen LogP contribution in [0.4, 0.5) is 5.69 Å². The third kappa shape index (κ3) is 5.06. The van der Waals surface area contributed by atoms with Gasteiger partial charge in [-0.15, -0.1) is 8.86 Å². The number of carbonyl (C=O) groups is 1. The minimum Gasteiger partial charge on any atom is -0.476 e. The van der Waals surface area contributed by atoms with Crippen LogP contribution in [0.1, 0.15) is 40.3 Å². The van der Waals surface area contributed by atoms with Crippen molar-refractivity contribution in [2.75, 3.05) is 12.4 Å². The Labute approximate surface area is 209 Å². The van der Waals surface area contributed by atoms with E-state index in [1.165, 1.54) is 0 Å². The molecule has 0 aliphatic heterocycles. The minimum atomic E-state index is -1.17. The highest BCUT2D eigenvalue weighted by Crippen LogP contribution is 2.34. The highest BCUT2D eigenvalue weighted by molar-refractivity contribution is 7.07. The molecule has 0 amide bonds. The Hall–Kier alpha value is -3.67. The van der Waals surface area contributed by atoms with Gasteiger partial charge >= 0.3 is 5.97 Å². The monoisotopic (exact) mass is 506 g/mol. The zero-order valence-corrected chi connectivity index (χ0v) is 21.1. The third-order valence-electron chi connectivity index (χ3n) is 5.58. The summed E-state index contributed by atoms with van der Waals surface area (Å²) in [5, 5.41) is 24.9. The summed E-state index contributed by atoms with van der Waals surface area (Å²) in [6.07, 6.45) is 7.23. The normalized spacial score (nSPS) is 15.3. The molecule has 3 aromatic rings. The van der Waals surface area contributed by atoms with Crippen LogP contribution in [-0.2, 0) is 0 Å². The summed E-state index contributed by atoms with van der Waals surface area (Å²) in [7, 11) is 5.54. The van der Waals surface area contributed by atoms with Crippen molar-refractivity contribution in [3.63, 3.8) is 0 Å². The van der Waals surface area contributed by atoms with Crippen molar-refractivity contribution in [3.8, 4) is 0 Å². The highest BCUT2D eigenvalue weighted by Gasteiger charge is 2.19. The summed E-state index contributed by atoms with van der Waals surface area (Å²) in [4.78, 5) is 16.5. The molecule has 0 bridgehead atoms. The number of carboxylic acids is 1. The SMILES string of the molecule is CN/C=C1/C=C(c2cc(=P)c3cc(C)cc(C(C)Nc4ccc(Cl)nc4C(=O)O)c3o2)C=CC1=N. The van der Waals surface area contributed by atoms with Crippen molar-refractivity contribution in [1.29, 1.82) is 5.41 Å². The first-order valence-electron chi connectivity index (χ1n) is 10.8. The molecule has 1 unspecified atom stereocenters. The van der Waals surface area contributed by atoms with E-state index in [1.807, 2.05) is 44.2 Å². The van der Waals surface area contributed by atoms with Gasteiger partial charge in [0.25, 0.3) is 0 Å². The fraction of sp³-hybridized carbons (Fsp3) is 0.154. The quantitative estimate of drug-likeness (QED) is 0.227. The van der Waals surface area contributed by atoms with Crippen molar-refractivity contribution in [2.45, 2.75) is 19.9 Å².